The molecule has 3 rings (SSSR count). The summed E-state index contributed by atoms with van der Waals surface area (Å²) in [7, 11) is 3.45. The predicted molar refractivity (Wildman–Crippen MR) is 129 cm³/mol. The Balaban J connectivity index is 1.51. The van der Waals surface area contributed by atoms with Gasteiger partial charge in [-0.1, -0.05) is 63.1 Å². The molecule has 0 saturated heterocycles. The van der Waals surface area contributed by atoms with Gasteiger partial charge in [0.1, 0.15) is 11.5 Å². The molecule has 4 heteroatoms. The van der Waals surface area contributed by atoms with Gasteiger partial charge in [-0.3, -0.25) is 4.79 Å². The van der Waals surface area contributed by atoms with Crippen molar-refractivity contribution in [3.63, 3.8) is 0 Å². The number of fused-ring (bicyclic) bond motifs is 1. The average Bonchev–Trinajstić information content (AvgIpc) is 3.17. The molecule has 0 aromatic heterocycles. The standard InChI is InChI=1S/C28H38O4/c1-31-23-15-13-21(14-16-23)27-20-22-19-24(32-2)17-18-25(22)26(27)11-9-7-5-3-4-6-8-10-12-28(29)30/h13-19,26-27H,3-12,20H2,1-2H3,(H,29,30). The SMILES string of the molecule is COc1ccc(C2Cc3cc(OC)ccc3C2CCCCCCCCCCC(=O)O)cc1. The maximum absolute atomic E-state index is 10.6. The molecule has 2 aromatic rings. The van der Waals surface area contributed by atoms with Crippen LogP contribution in [0.25, 0.3) is 0 Å². The number of ether oxygens (including phenoxy) is 2. The maximum atomic E-state index is 10.6. The predicted octanol–water partition coefficient (Wildman–Crippen LogP) is 7.11. The highest BCUT2D eigenvalue weighted by molar-refractivity contribution is 5.66. The lowest BCUT2D eigenvalue weighted by atomic mass is 9.83. The molecule has 0 aliphatic heterocycles. The van der Waals surface area contributed by atoms with Crippen LogP contribution in [0.15, 0.2) is 42.5 Å². The highest BCUT2D eigenvalue weighted by Crippen LogP contribution is 2.47. The van der Waals surface area contributed by atoms with Crippen molar-refractivity contribution in [3.8, 4) is 11.5 Å². The van der Waals surface area contributed by atoms with Crippen LogP contribution in [0, 0.1) is 0 Å². The highest BCUT2D eigenvalue weighted by atomic mass is 16.5. The topological polar surface area (TPSA) is 55.8 Å². The minimum absolute atomic E-state index is 0.310. The van der Waals surface area contributed by atoms with E-state index in [0.29, 0.717) is 18.3 Å². The van der Waals surface area contributed by atoms with Gasteiger partial charge in [0, 0.05) is 6.42 Å². The third kappa shape index (κ3) is 6.75. The van der Waals surface area contributed by atoms with Crippen molar-refractivity contribution >= 4 is 5.97 Å². The van der Waals surface area contributed by atoms with Crippen molar-refractivity contribution in [1.82, 2.24) is 0 Å². The Hall–Kier alpha value is -2.49. The molecule has 0 spiro atoms. The molecule has 2 atom stereocenters. The molecule has 1 aliphatic carbocycles. The lowest BCUT2D eigenvalue weighted by Crippen LogP contribution is -2.06. The van der Waals surface area contributed by atoms with E-state index in [-0.39, 0.29) is 0 Å². The Labute approximate surface area is 193 Å². The van der Waals surface area contributed by atoms with Crippen molar-refractivity contribution < 1.29 is 19.4 Å². The van der Waals surface area contributed by atoms with E-state index < -0.39 is 5.97 Å². The summed E-state index contributed by atoms with van der Waals surface area (Å²) in [5, 5.41) is 8.69. The Bertz CT molecular complexity index is 843. The van der Waals surface area contributed by atoms with Crippen LogP contribution in [-0.4, -0.2) is 25.3 Å². The summed E-state index contributed by atoms with van der Waals surface area (Å²) in [6.45, 7) is 0. The number of benzene rings is 2. The molecule has 1 N–H and O–H groups in total. The average molecular weight is 439 g/mol. The van der Waals surface area contributed by atoms with E-state index >= 15 is 0 Å². The van der Waals surface area contributed by atoms with E-state index in [0.717, 1.165) is 37.2 Å². The number of carboxylic acids is 1. The van der Waals surface area contributed by atoms with Gasteiger partial charge < -0.3 is 14.6 Å². The number of carboxylic acid groups (broad SMARTS) is 1. The number of hydrogen-bond donors (Lipinski definition) is 1. The van der Waals surface area contributed by atoms with Crippen LogP contribution in [0.4, 0.5) is 0 Å². The van der Waals surface area contributed by atoms with Crippen molar-refractivity contribution in [2.75, 3.05) is 14.2 Å². The van der Waals surface area contributed by atoms with Crippen molar-refractivity contribution in [2.45, 2.75) is 82.5 Å². The molecule has 4 nitrogen and oxygen atoms in total. The lowest BCUT2D eigenvalue weighted by molar-refractivity contribution is -0.137. The molecule has 0 fully saturated rings. The van der Waals surface area contributed by atoms with E-state index in [9.17, 15) is 4.79 Å². The van der Waals surface area contributed by atoms with Gasteiger partial charge in [-0.15, -0.1) is 0 Å². The van der Waals surface area contributed by atoms with E-state index in [1.807, 2.05) is 0 Å². The van der Waals surface area contributed by atoms with Crippen LogP contribution in [0.1, 0.15) is 92.7 Å². The van der Waals surface area contributed by atoms with Crippen molar-refractivity contribution in [3.05, 3.63) is 59.2 Å². The van der Waals surface area contributed by atoms with Gasteiger partial charge >= 0.3 is 5.97 Å². The summed E-state index contributed by atoms with van der Waals surface area (Å²) in [5.74, 6) is 2.24. The summed E-state index contributed by atoms with van der Waals surface area (Å²) in [4.78, 5) is 10.6. The van der Waals surface area contributed by atoms with Crippen molar-refractivity contribution in [2.24, 2.45) is 0 Å². The van der Waals surface area contributed by atoms with Crippen LogP contribution in [0.2, 0.25) is 0 Å². The zero-order valence-electron chi connectivity index (χ0n) is 19.6. The molecule has 0 heterocycles. The van der Waals surface area contributed by atoms with Crippen LogP contribution in [-0.2, 0) is 11.2 Å². The molecule has 0 saturated carbocycles. The summed E-state index contributed by atoms with van der Waals surface area (Å²) in [6, 6.07) is 15.2. The second kappa shape index (κ2) is 12.5. The Morgan fingerprint density at radius 1 is 0.844 bits per heavy atom. The molecule has 2 aromatic carbocycles. The molecule has 0 amide bonds. The van der Waals surface area contributed by atoms with Crippen LogP contribution < -0.4 is 9.47 Å². The van der Waals surface area contributed by atoms with Gasteiger partial charge in [0.25, 0.3) is 0 Å². The monoisotopic (exact) mass is 438 g/mol. The van der Waals surface area contributed by atoms with E-state index in [1.165, 1.54) is 55.2 Å². The summed E-state index contributed by atoms with van der Waals surface area (Å²) < 4.78 is 10.8. The quantitative estimate of drug-likeness (QED) is 0.319. The van der Waals surface area contributed by atoms with Gasteiger partial charge in [0.15, 0.2) is 0 Å². The first-order valence-corrected chi connectivity index (χ1v) is 12.1. The molecule has 174 valence electrons. The molecule has 2 unspecified atom stereocenters. The Kier molecular flexibility index (Phi) is 9.45. The summed E-state index contributed by atoms with van der Waals surface area (Å²) in [6.07, 6.45) is 11.9. The second-order valence-corrected chi connectivity index (χ2v) is 9.02. The van der Waals surface area contributed by atoms with Crippen LogP contribution in [0.3, 0.4) is 0 Å². The molecule has 0 radical (unpaired) electrons. The summed E-state index contributed by atoms with van der Waals surface area (Å²) >= 11 is 0. The van der Waals surface area contributed by atoms with E-state index in [1.54, 1.807) is 14.2 Å². The van der Waals surface area contributed by atoms with E-state index in [2.05, 4.69) is 42.5 Å². The fourth-order valence-corrected chi connectivity index (χ4v) is 5.10. The number of hydrogen-bond acceptors (Lipinski definition) is 3. The fourth-order valence-electron chi connectivity index (χ4n) is 5.10. The first-order valence-electron chi connectivity index (χ1n) is 12.1. The zero-order valence-corrected chi connectivity index (χ0v) is 19.6. The Morgan fingerprint density at radius 3 is 2.06 bits per heavy atom. The Morgan fingerprint density at radius 2 is 1.44 bits per heavy atom. The van der Waals surface area contributed by atoms with Gasteiger partial charge in [-0.25, -0.2) is 0 Å². The molecule has 32 heavy (non-hydrogen) atoms. The third-order valence-electron chi connectivity index (χ3n) is 6.87. The van der Waals surface area contributed by atoms with Crippen LogP contribution in [0.5, 0.6) is 11.5 Å². The normalized spacial score (nSPS) is 17.2. The van der Waals surface area contributed by atoms with Gasteiger partial charge in [0.2, 0.25) is 0 Å². The second-order valence-electron chi connectivity index (χ2n) is 9.02. The molecule has 0 bridgehead atoms. The minimum Gasteiger partial charge on any atom is -0.497 e. The van der Waals surface area contributed by atoms with Crippen LogP contribution >= 0.6 is 0 Å². The number of rotatable bonds is 14. The zero-order chi connectivity index (χ0) is 22.8. The number of methoxy groups -OCH3 is 2. The van der Waals surface area contributed by atoms with Gasteiger partial charge in [0.05, 0.1) is 14.2 Å². The van der Waals surface area contributed by atoms with Crippen molar-refractivity contribution in [1.29, 1.82) is 0 Å². The third-order valence-corrected chi connectivity index (χ3v) is 6.87. The smallest absolute Gasteiger partial charge is 0.303 e. The number of aliphatic carboxylic acids is 1. The summed E-state index contributed by atoms with van der Waals surface area (Å²) in [5.41, 5.74) is 4.31. The molecule has 1 aliphatic rings. The lowest BCUT2D eigenvalue weighted by Gasteiger charge is -2.21. The number of unbranched alkanes of at least 4 members (excludes halogenated alkanes) is 7. The largest absolute Gasteiger partial charge is 0.497 e. The first-order chi connectivity index (χ1) is 15.6. The first kappa shape index (κ1) is 24.2. The maximum Gasteiger partial charge on any atom is 0.303 e. The minimum atomic E-state index is -0.676. The van der Waals surface area contributed by atoms with Gasteiger partial charge in [-0.2, -0.15) is 0 Å². The van der Waals surface area contributed by atoms with E-state index in [4.69, 9.17) is 14.6 Å². The fraction of sp³-hybridized carbons (Fsp3) is 0.536. The van der Waals surface area contributed by atoms with Gasteiger partial charge in [-0.05, 0) is 72.1 Å². The molecular formula is C28H38O4. The highest BCUT2D eigenvalue weighted by Gasteiger charge is 2.33. The molecular weight excluding hydrogens is 400 g/mol. The number of carbonyl (C=O) groups is 1.